The first-order valence-electron chi connectivity index (χ1n) is 7.95. The summed E-state index contributed by atoms with van der Waals surface area (Å²) < 4.78 is 0. The predicted molar refractivity (Wildman–Crippen MR) is 92.9 cm³/mol. The number of fused-ring (bicyclic) bond motifs is 1. The molecule has 2 N–H and O–H groups in total. The monoisotopic (exact) mass is 312 g/mol. The minimum Gasteiger partial charge on any atom is -0.348 e. The molecule has 2 aromatic carbocycles. The molecule has 0 saturated carbocycles. The summed E-state index contributed by atoms with van der Waals surface area (Å²) in [5, 5.41) is 8.02. The van der Waals surface area contributed by atoms with E-state index in [-0.39, 0.29) is 23.8 Å². The number of rotatable bonds is 5. The molecular weight excluding hydrogens is 288 g/mol. The smallest absolute Gasteiger partial charge is 0.243 e. The molecule has 2 rings (SSSR count). The van der Waals surface area contributed by atoms with E-state index in [2.05, 4.69) is 28.8 Å². The van der Waals surface area contributed by atoms with Gasteiger partial charge in [0, 0.05) is 6.92 Å². The zero-order valence-electron chi connectivity index (χ0n) is 14.1. The largest absolute Gasteiger partial charge is 0.348 e. The standard InChI is InChI=1S/C19H24N2O2/c1-12(2)18(21-14(4)22)19(23)20-13(3)16-11-7-9-15-8-5-6-10-17(15)16/h5-13,18H,1-4H3,(H,20,23)(H,21,22)/t13-,18+/m0/s1. The number of amides is 2. The van der Waals surface area contributed by atoms with Crippen molar-refractivity contribution in [2.75, 3.05) is 0 Å². The molecule has 0 unspecified atom stereocenters. The van der Waals surface area contributed by atoms with Crippen LogP contribution < -0.4 is 10.6 Å². The molecule has 0 fully saturated rings. The lowest BCUT2D eigenvalue weighted by molar-refractivity contribution is -0.129. The van der Waals surface area contributed by atoms with E-state index in [0.717, 1.165) is 16.3 Å². The molecule has 2 atom stereocenters. The van der Waals surface area contributed by atoms with E-state index in [1.54, 1.807) is 0 Å². The lowest BCUT2D eigenvalue weighted by Crippen LogP contribution is -2.49. The van der Waals surface area contributed by atoms with Crippen molar-refractivity contribution in [2.24, 2.45) is 5.92 Å². The fraction of sp³-hybridized carbons (Fsp3) is 0.368. The Kier molecular flexibility index (Phi) is 5.37. The third-order valence-electron chi connectivity index (χ3n) is 3.96. The van der Waals surface area contributed by atoms with E-state index in [1.807, 2.05) is 45.0 Å². The summed E-state index contributed by atoms with van der Waals surface area (Å²) in [4.78, 5) is 23.8. The second-order valence-electron chi connectivity index (χ2n) is 6.22. The summed E-state index contributed by atoms with van der Waals surface area (Å²) in [5.74, 6) is -0.328. The molecule has 0 saturated heterocycles. The predicted octanol–water partition coefficient (Wildman–Crippen LogP) is 3.18. The van der Waals surface area contributed by atoms with Crippen molar-refractivity contribution in [1.29, 1.82) is 0 Å². The molecule has 2 amide bonds. The van der Waals surface area contributed by atoms with E-state index in [4.69, 9.17) is 0 Å². The molecule has 0 bridgehead atoms. The van der Waals surface area contributed by atoms with Gasteiger partial charge in [0.15, 0.2) is 0 Å². The summed E-state index contributed by atoms with van der Waals surface area (Å²) in [5.41, 5.74) is 1.07. The molecule has 0 aromatic heterocycles. The molecule has 4 nitrogen and oxygen atoms in total. The topological polar surface area (TPSA) is 58.2 Å². The average Bonchev–Trinajstić information content (AvgIpc) is 2.51. The third-order valence-corrected chi connectivity index (χ3v) is 3.96. The van der Waals surface area contributed by atoms with E-state index in [1.165, 1.54) is 6.92 Å². The first-order chi connectivity index (χ1) is 10.9. The van der Waals surface area contributed by atoms with Crippen molar-refractivity contribution in [3.8, 4) is 0 Å². The van der Waals surface area contributed by atoms with Crippen LogP contribution >= 0.6 is 0 Å². The van der Waals surface area contributed by atoms with E-state index < -0.39 is 6.04 Å². The maximum absolute atomic E-state index is 12.5. The Morgan fingerprint density at radius 3 is 2.22 bits per heavy atom. The van der Waals surface area contributed by atoms with Gasteiger partial charge in [0.1, 0.15) is 6.04 Å². The van der Waals surface area contributed by atoms with Crippen molar-refractivity contribution in [3.05, 3.63) is 48.0 Å². The molecule has 0 spiro atoms. The van der Waals surface area contributed by atoms with Crippen molar-refractivity contribution < 1.29 is 9.59 Å². The molecule has 0 heterocycles. The zero-order valence-corrected chi connectivity index (χ0v) is 14.1. The van der Waals surface area contributed by atoms with Crippen LogP contribution in [-0.4, -0.2) is 17.9 Å². The maximum atomic E-state index is 12.5. The van der Waals surface area contributed by atoms with Crippen LogP contribution in [0.3, 0.4) is 0 Å². The molecule has 23 heavy (non-hydrogen) atoms. The first-order valence-corrected chi connectivity index (χ1v) is 7.95. The van der Waals surface area contributed by atoms with E-state index >= 15 is 0 Å². The van der Waals surface area contributed by atoms with Crippen LogP contribution in [0.4, 0.5) is 0 Å². The number of nitrogens with one attached hydrogen (secondary N) is 2. The Labute approximate surface area is 137 Å². The molecule has 2 aromatic rings. The molecule has 0 radical (unpaired) electrons. The number of hydrogen-bond acceptors (Lipinski definition) is 2. The van der Waals surface area contributed by atoms with Crippen LogP contribution in [0.15, 0.2) is 42.5 Å². The third kappa shape index (κ3) is 4.09. The average molecular weight is 312 g/mol. The van der Waals surface area contributed by atoms with Crippen molar-refractivity contribution in [1.82, 2.24) is 10.6 Å². The van der Waals surface area contributed by atoms with Gasteiger partial charge in [0.2, 0.25) is 11.8 Å². The van der Waals surface area contributed by atoms with Gasteiger partial charge in [-0.3, -0.25) is 9.59 Å². The van der Waals surface area contributed by atoms with Crippen LogP contribution in [0.25, 0.3) is 10.8 Å². The molecule has 0 aliphatic carbocycles. The maximum Gasteiger partial charge on any atom is 0.243 e. The molecule has 4 heteroatoms. The van der Waals surface area contributed by atoms with Gasteiger partial charge in [-0.25, -0.2) is 0 Å². The van der Waals surface area contributed by atoms with Gasteiger partial charge < -0.3 is 10.6 Å². The van der Waals surface area contributed by atoms with Gasteiger partial charge in [-0.1, -0.05) is 56.3 Å². The zero-order chi connectivity index (χ0) is 17.0. The van der Waals surface area contributed by atoms with Crippen LogP contribution in [-0.2, 0) is 9.59 Å². The Morgan fingerprint density at radius 1 is 0.913 bits per heavy atom. The summed E-state index contributed by atoms with van der Waals surface area (Å²) in [6.07, 6.45) is 0. The molecular formula is C19H24N2O2. The lowest BCUT2D eigenvalue weighted by atomic mass is 9.98. The minimum absolute atomic E-state index is 0.0265. The van der Waals surface area contributed by atoms with Crippen molar-refractivity contribution in [3.63, 3.8) is 0 Å². The van der Waals surface area contributed by atoms with Gasteiger partial charge >= 0.3 is 0 Å². The fourth-order valence-corrected chi connectivity index (χ4v) is 2.76. The number of carbonyl (C=O) groups is 2. The summed E-state index contributed by atoms with van der Waals surface area (Å²) in [6, 6.07) is 13.5. The van der Waals surface area contributed by atoms with Crippen LogP contribution in [0.2, 0.25) is 0 Å². The van der Waals surface area contributed by atoms with Gasteiger partial charge in [-0.15, -0.1) is 0 Å². The summed E-state index contributed by atoms with van der Waals surface area (Å²) in [6.45, 7) is 7.23. The lowest BCUT2D eigenvalue weighted by Gasteiger charge is -2.24. The Hall–Kier alpha value is -2.36. The Bertz CT molecular complexity index is 704. The Morgan fingerprint density at radius 2 is 1.57 bits per heavy atom. The quantitative estimate of drug-likeness (QED) is 0.891. The van der Waals surface area contributed by atoms with Gasteiger partial charge in [0.05, 0.1) is 6.04 Å². The van der Waals surface area contributed by atoms with Gasteiger partial charge in [-0.2, -0.15) is 0 Å². The summed E-state index contributed by atoms with van der Waals surface area (Å²) >= 11 is 0. The second kappa shape index (κ2) is 7.27. The molecule has 122 valence electrons. The fourth-order valence-electron chi connectivity index (χ4n) is 2.76. The Balaban J connectivity index is 2.21. The van der Waals surface area contributed by atoms with E-state index in [0.29, 0.717) is 0 Å². The number of carbonyl (C=O) groups excluding carboxylic acids is 2. The van der Waals surface area contributed by atoms with E-state index in [9.17, 15) is 9.59 Å². The van der Waals surface area contributed by atoms with Gasteiger partial charge in [-0.05, 0) is 29.2 Å². The minimum atomic E-state index is -0.523. The van der Waals surface area contributed by atoms with Crippen molar-refractivity contribution in [2.45, 2.75) is 39.8 Å². The molecule has 0 aliphatic rings. The van der Waals surface area contributed by atoms with Crippen LogP contribution in [0, 0.1) is 5.92 Å². The number of benzene rings is 2. The second-order valence-corrected chi connectivity index (χ2v) is 6.22. The SMILES string of the molecule is CC(=O)N[C@@H](C(=O)N[C@@H](C)c1cccc2ccccc12)C(C)C. The highest BCUT2D eigenvalue weighted by molar-refractivity contribution is 5.89. The van der Waals surface area contributed by atoms with Crippen LogP contribution in [0.1, 0.15) is 39.3 Å². The summed E-state index contributed by atoms with van der Waals surface area (Å²) in [7, 11) is 0. The normalized spacial score (nSPS) is 13.6. The van der Waals surface area contributed by atoms with Gasteiger partial charge in [0.25, 0.3) is 0 Å². The molecule has 0 aliphatic heterocycles. The number of hydrogen-bond donors (Lipinski definition) is 2. The highest BCUT2D eigenvalue weighted by Crippen LogP contribution is 2.24. The highest BCUT2D eigenvalue weighted by Gasteiger charge is 2.24. The first kappa shape index (κ1) is 17.0. The van der Waals surface area contributed by atoms with Crippen LogP contribution in [0.5, 0.6) is 0 Å². The highest BCUT2D eigenvalue weighted by atomic mass is 16.2. The van der Waals surface area contributed by atoms with Crippen molar-refractivity contribution >= 4 is 22.6 Å².